The van der Waals surface area contributed by atoms with E-state index < -0.39 is 6.61 Å². The van der Waals surface area contributed by atoms with E-state index >= 15 is 0 Å². The Morgan fingerprint density at radius 2 is 2.14 bits per heavy atom. The first kappa shape index (κ1) is 15.8. The molecule has 1 aliphatic heterocycles. The van der Waals surface area contributed by atoms with Gasteiger partial charge in [-0.1, -0.05) is 0 Å². The van der Waals surface area contributed by atoms with Gasteiger partial charge in [0, 0.05) is 24.7 Å². The average molecular weight is 300 g/mol. The van der Waals surface area contributed by atoms with Gasteiger partial charge in [0.05, 0.1) is 12.8 Å². The summed E-state index contributed by atoms with van der Waals surface area (Å²) in [6, 6.07) is 5.51. The second kappa shape index (κ2) is 6.93. The zero-order chi connectivity index (χ0) is 15.4. The lowest BCUT2D eigenvalue weighted by molar-refractivity contribution is -0.0494. The van der Waals surface area contributed by atoms with Crippen molar-refractivity contribution in [1.82, 2.24) is 4.90 Å². The number of anilines is 1. The molecule has 2 unspecified atom stereocenters. The van der Waals surface area contributed by atoms with Crippen molar-refractivity contribution in [3.8, 4) is 11.5 Å². The molecule has 2 rings (SSSR count). The Hall–Kier alpha value is -1.56. The van der Waals surface area contributed by atoms with Crippen LogP contribution in [0.25, 0.3) is 0 Å². The highest BCUT2D eigenvalue weighted by atomic mass is 19.3. The van der Waals surface area contributed by atoms with E-state index in [-0.39, 0.29) is 11.8 Å². The van der Waals surface area contributed by atoms with Crippen LogP contribution < -0.4 is 14.8 Å². The molecule has 0 spiro atoms. The van der Waals surface area contributed by atoms with Crippen LogP contribution in [0.1, 0.15) is 19.8 Å². The molecule has 1 saturated heterocycles. The lowest BCUT2D eigenvalue weighted by Crippen LogP contribution is -2.42. The first-order valence-corrected chi connectivity index (χ1v) is 7.09. The minimum absolute atomic E-state index is 0.150. The van der Waals surface area contributed by atoms with Crippen molar-refractivity contribution in [3.05, 3.63) is 18.2 Å². The van der Waals surface area contributed by atoms with E-state index in [0.29, 0.717) is 17.5 Å². The van der Waals surface area contributed by atoms with Gasteiger partial charge in [0.25, 0.3) is 0 Å². The first-order valence-electron chi connectivity index (χ1n) is 7.09. The predicted octanol–water partition coefficient (Wildman–Crippen LogP) is 3.19. The lowest BCUT2D eigenvalue weighted by Gasteiger charge is -2.36. The molecule has 0 aliphatic carbocycles. The normalized spacial score (nSPS) is 23.1. The highest BCUT2D eigenvalue weighted by molar-refractivity contribution is 5.60. The molecule has 0 aromatic heterocycles. The summed E-state index contributed by atoms with van der Waals surface area (Å²) in [7, 11) is 3.64. The summed E-state index contributed by atoms with van der Waals surface area (Å²) in [6.45, 7) is 0.305. The van der Waals surface area contributed by atoms with Crippen LogP contribution in [0.15, 0.2) is 18.2 Å². The highest BCUT2D eigenvalue weighted by Gasteiger charge is 2.23. The molecular formula is C15H22F2N2O2. The number of hydrogen-bond acceptors (Lipinski definition) is 4. The second-order valence-electron chi connectivity index (χ2n) is 5.44. The standard InChI is InChI=1S/C15H22F2N2O2/c1-10-8-11(6-7-19(10)2)18-13-9-12(20-3)4-5-14(13)21-15(16)17/h4-5,9-11,15,18H,6-8H2,1-3H3. The molecule has 1 aliphatic rings. The van der Waals surface area contributed by atoms with Gasteiger partial charge in [0.1, 0.15) is 11.5 Å². The summed E-state index contributed by atoms with van der Waals surface area (Å²) < 4.78 is 34.7. The number of rotatable bonds is 5. The van der Waals surface area contributed by atoms with Crippen LogP contribution in [-0.2, 0) is 0 Å². The van der Waals surface area contributed by atoms with E-state index in [4.69, 9.17) is 4.74 Å². The molecule has 6 heteroatoms. The molecule has 1 fully saturated rings. The molecule has 21 heavy (non-hydrogen) atoms. The van der Waals surface area contributed by atoms with Crippen LogP contribution in [-0.4, -0.2) is 44.3 Å². The molecule has 1 aromatic carbocycles. The Labute approximate surface area is 124 Å². The Morgan fingerprint density at radius 3 is 2.76 bits per heavy atom. The summed E-state index contributed by atoms with van der Waals surface area (Å²) in [6.07, 6.45) is 1.92. The van der Waals surface area contributed by atoms with E-state index in [1.54, 1.807) is 19.2 Å². The van der Waals surface area contributed by atoms with Gasteiger partial charge >= 0.3 is 6.61 Å². The van der Waals surface area contributed by atoms with E-state index in [2.05, 4.69) is 28.9 Å². The number of halogens is 2. The summed E-state index contributed by atoms with van der Waals surface area (Å²) >= 11 is 0. The second-order valence-corrected chi connectivity index (χ2v) is 5.44. The zero-order valence-electron chi connectivity index (χ0n) is 12.6. The molecule has 0 saturated carbocycles. The topological polar surface area (TPSA) is 33.7 Å². The quantitative estimate of drug-likeness (QED) is 0.905. The number of methoxy groups -OCH3 is 1. The summed E-state index contributed by atoms with van der Waals surface area (Å²) in [5.41, 5.74) is 0.552. The predicted molar refractivity (Wildman–Crippen MR) is 78.4 cm³/mol. The fraction of sp³-hybridized carbons (Fsp3) is 0.600. The van der Waals surface area contributed by atoms with Crippen molar-refractivity contribution in [3.63, 3.8) is 0 Å². The van der Waals surface area contributed by atoms with Crippen molar-refractivity contribution in [2.24, 2.45) is 0 Å². The van der Waals surface area contributed by atoms with Crippen molar-refractivity contribution < 1.29 is 18.3 Å². The first-order chi connectivity index (χ1) is 9.99. The van der Waals surface area contributed by atoms with Crippen LogP contribution >= 0.6 is 0 Å². The molecule has 0 radical (unpaired) electrons. The van der Waals surface area contributed by atoms with Crippen LogP contribution in [0.5, 0.6) is 11.5 Å². The van der Waals surface area contributed by atoms with Crippen molar-refractivity contribution >= 4 is 5.69 Å². The molecular weight excluding hydrogens is 278 g/mol. The Morgan fingerprint density at radius 1 is 1.38 bits per heavy atom. The van der Waals surface area contributed by atoms with Gasteiger partial charge in [0.2, 0.25) is 0 Å². The largest absolute Gasteiger partial charge is 0.497 e. The molecule has 1 heterocycles. The Kier molecular flexibility index (Phi) is 5.22. The summed E-state index contributed by atoms with van der Waals surface area (Å²) in [5.74, 6) is 0.762. The maximum absolute atomic E-state index is 12.5. The molecule has 0 bridgehead atoms. The summed E-state index contributed by atoms with van der Waals surface area (Å²) in [4.78, 5) is 2.29. The Balaban J connectivity index is 2.13. The summed E-state index contributed by atoms with van der Waals surface area (Å²) in [5, 5.41) is 3.32. The SMILES string of the molecule is COc1ccc(OC(F)F)c(NC2CCN(C)C(C)C2)c1. The van der Waals surface area contributed by atoms with Gasteiger partial charge in [-0.3, -0.25) is 0 Å². The van der Waals surface area contributed by atoms with E-state index in [0.717, 1.165) is 19.4 Å². The average Bonchev–Trinajstić information content (AvgIpc) is 2.44. The number of ether oxygens (including phenoxy) is 2. The number of nitrogens with one attached hydrogen (secondary N) is 1. The van der Waals surface area contributed by atoms with Gasteiger partial charge in [-0.05, 0) is 38.9 Å². The van der Waals surface area contributed by atoms with Crippen LogP contribution in [0.2, 0.25) is 0 Å². The molecule has 118 valence electrons. The number of likely N-dealkylation sites (tertiary alicyclic amines) is 1. The molecule has 4 nitrogen and oxygen atoms in total. The van der Waals surface area contributed by atoms with Crippen LogP contribution in [0.4, 0.5) is 14.5 Å². The highest BCUT2D eigenvalue weighted by Crippen LogP contribution is 2.32. The van der Waals surface area contributed by atoms with E-state index in [1.165, 1.54) is 6.07 Å². The molecule has 1 aromatic rings. The van der Waals surface area contributed by atoms with E-state index in [9.17, 15) is 8.78 Å². The third-order valence-corrected chi connectivity index (χ3v) is 3.97. The number of nitrogens with zero attached hydrogens (tertiary/aromatic N) is 1. The number of alkyl halides is 2. The fourth-order valence-electron chi connectivity index (χ4n) is 2.59. The van der Waals surface area contributed by atoms with Crippen LogP contribution in [0.3, 0.4) is 0 Å². The molecule has 1 N–H and O–H groups in total. The maximum Gasteiger partial charge on any atom is 0.387 e. The number of benzene rings is 1. The van der Waals surface area contributed by atoms with Crippen molar-refractivity contribution in [2.75, 3.05) is 26.0 Å². The maximum atomic E-state index is 12.5. The minimum atomic E-state index is -2.84. The zero-order valence-corrected chi connectivity index (χ0v) is 12.6. The number of piperidine rings is 1. The van der Waals surface area contributed by atoms with Crippen molar-refractivity contribution in [1.29, 1.82) is 0 Å². The van der Waals surface area contributed by atoms with Gasteiger partial charge in [-0.2, -0.15) is 8.78 Å². The molecule has 2 atom stereocenters. The monoisotopic (exact) mass is 300 g/mol. The lowest BCUT2D eigenvalue weighted by atomic mass is 9.98. The van der Waals surface area contributed by atoms with Gasteiger partial charge in [-0.25, -0.2) is 0 Å². The molecule has 0 amide bonds. The number of hydrogen-bond donors (Lipinski definition) is 1. The van der Waals surface area contributed by atoms with Gasteiger partial charge < -0.3 is 19.7 Å². The van der Waals surface area contributed by atoms with E-state index in [1.807, 2.05) is 0 Å². The fourth-order valence-corrected chi connectivity index (χ4v) is 2.59. The van der Waals surface area contributed by atoms with Gasteiger partial charge in [-0.15, -0.1) is 0 Å². The third kappa shape index (κ3) is 4.20. The smallest absolute Gasteiger partial charge is 0.387 e. The minimum Gasteiger partial charge on any atom is -0.497 e. The van der Waals surface area contributed by atoms with Crippen molar-refractivity contribution in [2.45, 2.75) is 38.5 Å². The van der Waals surface area contributed by atoms with Gasteiger partial charge in [0.15, 0.2) is 0 Å². The van der Waals surface area contributed by atoms with Crippen LogP contribution in [0, 0.1) is 0 Å². The Bertz CT molecular complexity index is 471. The third-order valence-electron chi connectivity index (χ3n) is 3.97.